The molecule has 0 bridgehead atoms. The van der Waals surface area contributed by atoms with Crippen LogP contribution in [0.4, 0.5) is 5.69 Å². The van der Waals surface area contributed by atoms with Gasteiger partial charge in [-0.15, -0.1) is 0 Å². The molecule has 0 saturated heterocycles. The molecule has 0 spiro atoms. The molecule has 0 saturated carbocycles. The van der Waals surface area contributed by atoms with Crippen molar-refractivity contribution >= 4 is 40.8 Å². The van der Waals surface area contributed by atoms with E-state index in [1.165, 1.54) is 32.2 Å². The quantitative estimate of drug-likeness (QED) is 0.804. The number of halogens is 2. The third-order valence-electron chi connectivity index (χ3n) is 3.17. The number of carbonyl (C=O) groups excluding carboxylic acids is 2. The smallest absolute Gasteiger partial charge is 0.338 e. The van der Waals surface area contributed by atoms with Gasteiger partial charge in [0.1, 0.15) is 5.75 Å². The molecular formula is C17H15Cl2NO4. The summed E-state index contributed by atoms with van der Waals surface area (Å²) < 4.78 is 10.3. The highest BCUT2D eigenvalue weighted by molar-refractivity contribution is 6.42. The van der Waals surface area contributed by atoms with Crippen molar-refractivity contribution in [2.24, 2.45) is 0 Å². The zero-order chi connectivity index (χ0) is 17.7. The second-order valence-corrected chi connectivity index (χ2v) is 5.68. The summed E-state index contributed by atoms with van der Waals surface area (Å²) in [6.45, 7) is 1.47. The van der Waals surface area contributed by atoms with Crippen LogP contribution >= 0.6 is 23.2 Å². The molecule has 2 rings (SSSR count). The Labute approximate surface area is 149 Å². The minimum atomic E-state index is -1.00. The van der Waals surface area contributed by atoms with Crippen molar-refractivity contribution in [2.75, 3.05) is 12.4 Å². The van der Waals surface area contributed by atoms with Gasteiger partial charge >= 0.3 is 5.97 Å². The maximum absolute atomic E-state index is 12.2. The topological polar surface area (TPSA) is 64.6 Å². The van der Waals surface area contributed by atoms with Crippen LogP contribution < -0.4 is 10.1 Å². The van der Waals surface area contributed by atoms with Crippen molar-refractivity contribution in [3.05, 3.63) is 58.1 Å². The fourth-order valence-electron chi connectivity index (χ4n) is 1.89. The number of anilines is 1. The number of benzene rings is 2. The lowest BCUT2D eigenvalue weighted by Crippen LogP contribution is -2.30. The molecular weight excluding hydrogens is 353 g/mol. The third kappa shape index (κ3) is 4.40. The van der Waals surface area contributed by atoms with Gasteiger partial charge in [-0.05, 0) is 37.3 Å². The Morgan fingerprint density at radius 1 is 1.08 bits per heavy atom. The van der Waals surface area contributed by atoms with Crippen LogP contribution in [-0.4, -0.2) is 25.1 Å². The maximum Gasteiger partial charge on any atom is 0.338 e. The van der Waals surface area contributed by atoms with Crippen molar-refractivity contribution < 1.29 is 19.1 Å². The lowest BCUT2D eigenvalue weighted by Gasteiger charge is -2.15. The van der Waals surface area contributed by atoms with Gasteiger partial charge in [-0.2, -0.15) is 0 Å². The molecule has 1 N–H and O–H groups in total. The Hall–Kier alpha value is -2.24. The average Bonchev–Trinajstić information content (AvgIpc) is 2.57. The summed E-state index contributed by atoms with van der Waals surface area (Å²) in [4.78, 5) is 24.2. The Balaban J connectivity index is 2.03. The number of nitrogens with one attached hydrogen (secondary N) is 1. The molecule has 2 aromatic carbocycles. The van der Waals surface area contributed by atoms with Gasteiger partial charge in [0.2, 0.25) is 0 Å². The van der Waals surface area contributed by atoms with Gasteiger partial charge in [-0.25, -0.2) is 4.79 Å². The summed E-state index contributed by atoms with van der Waals surface area (Å²) in [5.41, 5.74) is 0.698. The van der Waals surface area contributed by atoms with Crippen LogP contribution in [0.15, 0.2) is 42.5 Å². The second-order valence-electron chi connectivity index (χ2n) is 4.87. The lowest BCUT2D eigenvalue weighted by molar-refractivity contribution is -0.123. The summed E-state index contributed by atoms with van der Waals surface area (Å²) >= 11 is 11.7. The summed E-state index contributed by atoms with van der Waals surface area (Å²) in [6, 6.07) is 11.3. The molecule has 126 valence electrons. The van der Waals surface area contributed by atoms with Crippen LogP contribution in [0.5, 0.6) is 5.75 Å². The summed E-state index contributed by atoms with van der Waals surface area (Å²) in [5, 5.41) is 3.21. The van der Waals surface area contributed by atoms with E-state index in [1.54, 1.807) is 24.3 Å². The van der Waals surface area contributed by atoms with Crippen molar-refractivity contribution in [1.29, 1.82) is 0 Å². The third-order valence-corrected chi connectivity index (χ3v) is 3.91. The van der Waals surface area contributed by atoms with Crippen LogP contribution in [0.2, 0.25) is 10.0 Å². The minimum Gasteiger partial charge on any atom is -0.495 e. The molecule has 5 nitrogen and oxygen atoms in total. The molecule has 0 unspecified atom stereocenters. The number of esters is 1. The molecule has 0 radical (unpaired) electrons. The van der Waals surface area contributed by atoms with Gasteiger partial charge in [0.15, 0.2) is 6.10 Å². The summed E-state index contributed by atoms with van der Waals surface area (Å²) in [7, 11) is 1.50. The summed E-state index contributed by atoms with van der Waals surface area (Å²) in [5.74, 6) is -0.641. The first-order valence-electron chi connectivity index (χ1n) is 7.02. The van der Waals surface area contributed by atoms with Crippen molar-refractivity contribution in [3.8, 4) is 5.75 Å². The van der Waals surface area contributed by atoms with Crippen LogP contribution in [0.3, 0.4) is 0 Å². The van der Waals surface area contributed by atoms with Gasteiger partial charge < -0.3 is 14.8 Å². The molecule has 0 heterocycles. The SMILES string of the molecule is COc1ccccc1NC(=O)[C@@H](C)OC(=O)c1ccc(Cl)c(Cl)c1. The number of methoxy groups -OCH3 is 1. The second kappa shape index (κ2) is 8.04. The number of ether oxygens (including phenoxy) is 2. The molecule has 0 aliphatic heterocycles. The Bertz CT molecular complexity index is 764. The Morgan fingerprint density at radius 2 is 1.79 bits per heavy atom. The van der Waals surface area contributed by atoms with E-state index in [1.807, 2.05) is 0 Å². The molecule has 0 aliphatic rings. The van der Waals surface area contributed by atoms with E-state index < -0.39 is 18.0 Å². The fraction of sp³-hybridized carbons (Fsp3) is 0.176. The van der Waals surface area contributed by atoms with Gasteiger partial charge in [-0.1, -0.05) is 35.3 Å². The minimum absolute atomic E-state index is 0.210. The number of amides is 1. The zero-order valence-electron chi connectivity index (χ0n) is 13.0. The first-order chi connectivity index (χ1) is 11.4. The van der Waals surface area contributed by atoms with Gasteiger partial charge in [0.05, 0.1) is 28.4 Å². The monoisotopic (exact) mass is 367 g/mol. The van der Waals surface area contributed by atoms with Crippen molar-refractivity contribution in [2.45, 2.75) is 13.0 Å². The van der Waals surface area contributed by atoms with Crippen LogP contribution in [0, 0.1) is 0 Å². The van der Waals surface area contributed by atoms with E-state index in [0.29, 0.717) is 16.5 Å². The Kier molecular flexibility index (Phi) is 6.06. The van der Waals surface area contributed by atoms with Crippen molar-refractivity contribution in [1.82, 2.24) is 0 Å². The first kappa shape index (κ1) is 18.1. The molecule has 0 fully saturated rings. The molecule has 2 aromatic rings. The van der Waals surface area contributed by atoms with Crippen LogP contribution in [0.25, 0.3) is 0 Å². The predicted molar refractivity (Wildman–Crippen MR) is 93.0 cm³/mol. The van der Waals surface area contributed by atoms with Crippen molar-refractivity contribution in [3.63, 3.8) is 0 Å². The number of para-hydroxylation sites is 2. The lowest BCUT2D eigenvalue weighted by atomic mass is 10.2. The maximum atomic E-state index is 12.2. The highest BCUT2D eigenvalue weighted by atomic mass is 35.5. The van der Waals surface area contributed by atoms with Crippen LogP contribution in [0.1, 0.15) is 17.3 Å². The zero-order valence-corrected chi connectivity index (χ0v) is 14.5. The fourth-order valence-corrected chi connectivity index (χ4v) is 2.19. The highest BCUT2D eigenvalue weighted by Gasteiger charge is 2.20. The van der Waals surface area contributed by atoms with E-state index in [-0.39, 0.29) is 10.6 Å². The summed E-state index contributed by atoms with van der Waals surface area (Å²) in [6.07, 6.45) is -1.00. The number of rotatable bonds is 5. The molecule has 0 aliphatic carbocycles. The normalized spacial score (nSPS) is 11.5. The van der Waals surface area contributed by atoms with E-state index >= 15 is 0 Å². The number of hydrogen-bond donors (Lipinski definition) is 1. The standard InChI is InChI=1S/C17H15Cl2NO4/c1-10(16(21)20-14-5-3-4-6-15(14)23-2)24-17(22)11-7-8-12(18)13(19)9-11/h3-10H,1-2H3,(H,20,21)/t10-/m1/s1. The Morgan fingerprint density at radius 3 is 2.46 bits per heavy atom. The largest absolute Gasteiger partial charge is 0.495 e. The molecule has 1 amide bonds. The first-order valence-corrected chi connectivity index (χ1v) is 7.78. The van der Waals surface area contributed by atoms with E-state index in [4.69, 9.17) is 32.7 Å². The van der Waals surface area contributed by atoms with Gasteiger partial charge in [-0.3, -0.25) is 4.79 Å². The van der Waals surface area contributed by atoms with Gasteiger partial charge in [0.25, 0.3) is 5.91 Å². The van der Waals surface area contributed by atoms with Crippen LogP contribution in [-0.2, 0) is 9.53 Å². The molecule has 7 heteroatoms. The van der Waals surface area contributed by atoms with E-state index in [2.05, 4.69) is 5.32 Å². The predicted octanol–water partition coefficient (Wildman–Crippen LogP) is 4.19. The average molecular weight is 368 g/mol. The van der Waals surface area contributed by atoms with Gasteiger partial charge in [0, 0.05) is 0 Å². The highest BCUT2D eigenvalue weighted by Crippen LogP contribution is 2.24. The number of carbonyl (C=O) groups is 2. The molecule has 0 aromatic heterocycles. The van der Waals surface area contributed by atoms with E-state index in [0.717, 1.165) is 0 Å². The molecule has 24 heavy (non-hydrogen) atoms. The van der Waals surface area contributed by atoms with E-state index in [9.17, 15) is 9.59 Å². The molecule has 1 atom stereocenters. The number of hydrogen-bond acceptors (Lipinski definition) is 4.